The third-order valence-electron chi connectivity index (χ3n) is 1.61. The third kappa shape index (κ3) is 4.56. The molecule has 0 aliphatic heterocycles. The number of nitrogens with zero attached hydrogens (tertiary/aromatic N) is 1. The van der Waals surface area contributed by atoms with E-state index in [0.29, 0.717) is 6.42 Å². The van der Waals surface area contributed by atoms with Crippen molar-refractivity contribution < 1.29 is 4.79 Å². The van der Waals surface area contributed by atoms with Crippen molar-refractivity contribution in [2.24, 2.45) is 5.73 Å². The van der Waals surface area contributed by atoms with Crippen LogP contribution in [-0.4, -0.2) is 30.9 Å². The van der Waals surface area contributed by atoms with Crippen molar-refractivity contribution in [2.45, 2.75) is 18.9 Å². The number of hydrogen-bond acceptors (Lipinski definition) is 2. The van der Waals surface area contributed by atoms with Crippen LogP contribution >= 0.6 is 0 Å². The first-order chi connectivity index (χ1) is 5.07. The summed E-state index contributed by atoms with van der Waals surface area (Å²) in [4.78, 5) is 12.5. The summed E-state index contributed by atoms with van der Waals surface area (Å²) in [5.41, 5.74) is 5.06. The third-order valence-corrected chi connectivity index (χ3v) is 1.61. The zero-order chi connectivity index (χ0) is 8.85. The molecular weight excluding hydrogens is 140 g/mol. The molecule has 0 aromatic rings. The molecule has 3 nitrogen and oxygen atoms in total. The summed E-state index contributed by atoms with van der Waals surface area (Å²) >= 11 is 0. The Hall–Kier alpha value is -0.830. The average Bonchev–Trinajstić information content (AvgIpc) is 1.86. The SMILES string of the molecule is C=CCC(CC(N)=O)N(C)C. The van der Waals surface area contributed by atoms with Crippen molar-refractivity contribution in [1.29, 1.82) is 0 Å². The molecule has 1 amide bonds. The first-order valence-corrected chi connectivity index (χ1v) is 3.63. The number of carbonyl (C=O) groups is 1. The predicted octanol–water partition coefficient (Wildman–Crippen LogP) is 0.368. The van der Waals surface area contributed by atoms with Crippen molar-refractivity contribution in [1.82, 2.24) is 4.90 Å². The van der Waals surface area contributed by atoms with E-state index in [1.165, 1.54) is 0 Å². The van der Waals surface area contributed by atoms with Gasteiger partial charge in [0.05, 0.1) is 0 Å². The standard InChI is InChI=1S/C8H16N2O/c1-4-5-7(10(2)3)6-8(9)11/h4,7H,1,5-6H2,2-3H3,(H2,9,11). The molecule has 2 N–H and O–H groups in total. The number of hydrogen-bond donors (Lipinski definition) is 1. The number of nitrogens with two attached hydrogens (primary N) is 1. The quantitative estimate of drug-likeness (QED) is 0.584. The molecule has 0 aromatic heterocycles. The number of carbonyl (C=O) groups excluding carboxylic acids is 1. The Bertz CT molecular complexity index is 143. The van der Waals surface area contributed by atoms with Crippen LogP contribution in [0.15, 0.2) is 12.7 Å². The van der Waals surface area contributed by atoms with Gasteiger partial charge in [-0.15, -0.1) is 6.58 Å². The highest BCUT2D eigenvalue weighted by atomic mass is 16.1. The van der Waals surface area contributed by atoms with Crippen LogP contribution in [0.1, 0.15) is 12.8 Å². The lowest BCUT2D eigenvalue weighted by molar-refractivity contribution is -0.119. The summed E-state index contributed by atoms with van der Waals surface area (Å²) in [6.45, 7) is 3.61. The van der Waals surface area contributed by atoms with Gasteiger partial charge in [-0.25, -0.2) is 0 Å². The summed E-state index contributed by atoms with van der Waals surface area (Å²) in [5.74, 6) is -0.259. The zero-order valence-corrected chi connectivity index (χ0v) is 7.21. The van der Waals surface area contributed by atoms with E-state index < -0.39 is 0 Å². The fourth-order valence-electron chi connectivity index (χ4n) is 0.901. The van der Waals surface area contributed by atoms with Gasteiger partial charge in [0.1, 0.15) is 0 Å². The molecule has 0 aliphatic carbocycles. The van der Waals surface area contributed by atoms with Gasteiger partial charge >= 0.3 is 0 Å². The van der Waals surface area contributed by atoms with Crippen molar-refractivity contribution in [3.05, 3.63) is 12.7 Å². The summed E-state index contributed by atoms with van der Waals surface area (Å²) in [6.07, 6.45) is 3.00. The molecule has 0 bridgehead atoms. The first kappa shape index (κ1) is 10.2. The number of rotatable bonds is 5. The molecule has 1 unspecified atom stereocenters. The Labute approximate surface area is 67.9 Å². The van der Waals surface area contributed by atoms with Crippen LogP contribution in [0.2, 0.25) is 0 Å². The van der Waals surface area contributed by atoms with Gasteiger partial charge in [-0.1, -0.05) is 6.08 Å². The maximum atomic E-state index is 10.6. The van der Waals surface area contributed by atoms with Gasteiger partial charge in [-0.3, -0.25) is 4.79 Å². The Morgan fingerprint density at radius 2 is 2.27 bits per heavy atom. The van der Waals surface area contributed by atoms with Gasteiger partial charge in [0.2, 0.25) is 5.91 Å². The van der Waals surface area contributed by atoms with E-state index in [-0.39, 0.29) is 11.9 Å². The molecule has 0 rings (SSSR count). The second-order valence-corrected chi connectivity index (χ2v) is 2.81. The number of primary amides is 1. The Balaban J connectivity index is 3.88. The van der Waals surface area contributed by atoms with Crippen LogP contribution < -0.4 is 5.73 Å². The van der Waals surface area contributed by atoms with Gasteiger partial charge in [0.25, 0.3) is 0 Å². The van der Waals surface area contributed by atoms with Crippen LogP contribution in [0.3, 0.4) is 0 Å². The van der Waals surface area contributed by atoms with E-state index >= 15 is 0 Å². The molecule has 0 fully saturated rings. The van der Waals surface area contributed by atoms with Crippen LogP contribution in [0.25, 0.3) is 0 Å². The highest BCUT2D eigenvalue weighted by Gasteiger charge is 2.11. The second-order valence-electron chi connectivity index (χ2n) is 2.81. The van der Waals surface area contributed by atoms with E-state index in [9.17, 15) is 4.79 Å². The predicted molar refractivity (Wildman–Crippen MR) is 46.1 cm³/mol. The monoisotopic (exact) mass is 156 g/mol. The fraction of sp³-hybridized carbons (Fsp3) is 0.625. The van der Waals surface area contributed by atoms with Crippen molar-refractivity contribution in [3.8, 4) is 0 Å². The minimum absolute atomic E-state index is 0.199. The van der Waals surface area contributed by atoms with Gasteiger partial charge in [-0.05, 0) is 20.5 Å². The maximum Gasteiger partial charge on any atom is 0.219 e. The fourth-order valence-corrected chi connectivity index (χ4v) is 0.901. The smallest absolute Gasteiger partial charge is 0.219 e. The van der Waals surface area contributed by atoms with E-state index in [1.807, 2.05) is 19.0 Å². The molecule has 0 radical (unpaired) electrons. The van der Waals surface area contributed by atoms with Crippen LogP contribution in [0, 0.1) is 0 Å². The molecule has 0 aliphatic rings. The largest absolute Gasteiger partial charge is 0.370 e. The van der Waals surface area contributed by atoms with Gasteiger partial charge in [0.15, 0.2) is 0 Å². The molecule has 0 aromatic carbocycles. The molecule has 3 heteroatoms. The van der Waals surface area contributed by atoms with Crippen LogP contribution in [0.5, 0.6) is 0 Å². The van der Waals surface area contributed by atoms with Gasteiger partial charge < -0.3 is 10.6 Å². The molecular formula is C8H16N2O. The molecule has 0 saturated carbocycles. The lowest BCUT2D eigenvalue weighted by Gasteiger charge is -2.21. The molecule has 64 valence electrons. The molecule has 0 spiro atoms. The lowest BCUT2D eigenvalue weighted by Crippen LogP contribution is -2.32. The van der Waals surface area contributed by atoms with Gasteiger partial charge in [0, 0.05) is 12.5 Å². The summed E-state index contributed by atoms with van der Waals surface area (Å²) < 4.78 is 0. The Morgan fingerprint density at radius 3 is 2.55 bits per heavy atom. The van der Waals surface area contributed by atoms with Crippen molar-refractivity contribution in [2.75, 3.05) is 14.1 Å². The van der Waals surface area contributed by atoms with E-state index in [4.69, 9.17) is 5.73 Å². The highest BCUT2D eigenvalue weighted by molar-refractivity contribution is 5.74. The maximum absolute atomic E-state index is 10.6. The summed E-state index contributed by atoms with van der Waals surface area (Å²) in [7, 11) is 3.86. The molecule has 11 heavy (non-hydrogen) atoms. The molecule has 1 atom stereocenters. The Morgan fingerprint density at radius 1 is 1.73 bits per heavy atom. The van der Waals surface area contributed by atoms with E-state index in [2.05, 4.69) is 6.58 Å². The first-order valence-electron chi connectivity index (χ1n) is 3.63. The summed E-state index contributed by atoms with van der Waals surface area (Å²) in [5, 5.41) is 0. The molecule has 0 heterocycles. The minimum atomic E-state index is -0.259. The van der Waals surface area contributed by atoms with Crippen LogP contribution in [-0.2, 0) is 4.79 Å². The van der Waals surface area contributed by atoms with E-state index in [1.54, 1.807) is 6.08 Å². The average molecular weight is 156 g/mol. The second kappa shape index (κ2) is 4.91. The van der Waals surface area contributed by atoms with Gasteiger partial charge in [-0.2, -0.15) is 0 Å². The zero-order valence-electron chi connectivity index (χ0n) is 7.21. The van der Waals surface area contributed by atoms with Crippen molar-refractivity contribution in [3.63, 3.8) is 0 Å². The normalized spacial score (nSPS) is 13.0. The van der Waals surface area contributed by atoms with Crippen LogP contribution in [0.4, 0.5) is 0 Å². The lowest BCUT2D eigenvalue weighted by atomic mass is 10.1. The number of amides is 1. The van der Waals surface area contributed by atoms with Crippen molar-refractivity contribution >= 4 is 5.91 Å². The minimum Gasteiger partial charge on any atom is -0.370 e. The van der Waals surface area contributed by atoms with E-state index in [0.717, 1.165) is 6.42 Å². The topological polar surface area (TPSA) is 46.3 Å². The highest BCUT2D eigenvalue weighted by Crippen LogP contribution is 2.04. The Kier molecular flexibility index (Phi) is 4.54. The summed E-state index contributed by atoms with van der Waals surface area (Å²) in [6, 6.07) is 0.199. The molecule has 0 saturated heterocycles.